The maximum Gasteiger partial charge on any atom is 0.237 e. The van der Waals surface area contributed by atoms with Crippen molar-refractivity contribution in [2.45, 2.75) is 31.7 Å². The molecule has 0 aromatic heterocycles. The maximum atomic E-state index is 11.2. The highest BCUT2D eigenvalue weighted by Crippen LogP contribution is 2.27. The maximum absolute atomic E-state index is 11.2. The van der Waals surface area contributed by atoms with E-state index in [1.165, 1.54) is 0 Å². The first-order valence-corrected chi connectivity index (χ1v) is 4.77. The number of hydrogen-bond acceptors (Lipinski definition) is 3. The summed E-state index contributed by atoms with van der Waals surface area (Å²) >= 11 is 0. The second kappa shape index (κ2) is 4.07. The van der Waals surface area contributed by atoms with Gasteiger partial charge in [0.05, 0.1) is 5.54 Å². The Bertz CT molecular complexity index is 190. The number of rotatable bonds is 3. The molecule has 1 heterocycles. The second-order valence-corrected chi connectivity index (χ2v) is 3.64. The fraction of sp³-hybridized carbons (Fsp3) is 0.889. The van der Waals surface area contributed by atoms with Crippen molar-refractivity contribution in [1.29, 1.82) is 0 Å². The number of primary amides is 1. The fourth-order valence-corrected chi connectivity index (χ4v) is 1.88. The molecule has 4 nitrogen and oxygen atoms in total. The molecule has 13 heavy (non-hydrogen) atoms. The lowest BCUT2D eigenvalue weighted by Crippen LogP contribution is -2.58. The Kier molecular flexibility index (Phi) is 3.27. The molecule has 1 unspecified atom stereocenters. The number of amides is 1. The van der Waals surface area contributed by atoms with Gasteiger partial charge in [0.15, 0.2) is 0 Å². The second-order valence-electron chi connectivity index (χ2n) is 3.64. The smallest absolute Gasteiger partial charge is 0.237 e. The Morgan fingerprint density at radius 1 is 1.54 bits per heavy atom. The molecule has 76 valence electrons. The highest BCUT2D eigenvalue weighted by atomic mass is 16.5. The molecule has 1 atom stereocenters. The van der Waals surface area contributed by atoms with E-state index in [1.807, 2.05) is 6.92 Å². The van der Waals surface area contributed by atoms with E-state index in [0.29, 0.717) is 19.6 Å². The summed E-state index contributed by atoms with van der Waals surface area (Å²) in [6.07, 6.45) is 2.29. The molecule has 0 radical (unpaired) electrons. The summed E-state index contributed by atoms with van der Waals surface area (Å²) in [6, 6.07) is 0. The molecule has 4 N–H and O–H groups in total. The van der Waals surface area contributed by atoms with Gasteiger partial charge in [0.1, 0.15) is 0 Å². The zero-order chi connectivity index (χ0) is 9.90. The van der Waals surface area contributed by atoms with Gasteiger partial charge in [0.25, 0.3) is 0 Å². The van der Waals surface area contributed by atoms with Crippen molar-refractivity contribution in [3.8, 4) is 0 Å². The van der Waals surface area contributed by atoms with Gasteiger partial charge in [-0.15, -0.1) is 0 Å². The fourth-order valence-electron chi connectivity index (χ4n) is 1.88. The molecular formula is C9H18N2O2. The highest BCUT2D eigenvalue weighted by molar-refractivity contribution is 5.84. The number of ether oxygens (including phenoxy) is 1. The summed E-state index contributed by atoms with van der Waals surface area (Å²) in [7, 11) is 0. The van der Waals surface area contributed by atoms with Crippen LogP contribution in [0.4, 0.5) is 0 Å². The quantitative estimate of drug-likeness (QED) is 0.651. The molecule has 1 aliphatic heterocycles. The van der Waals surface area contributed by atoms with E-state index < -0.39 is 5.54 Å². The predicted octanol–water partition coefficient (Wildman–Crippen LogP) is 0.00580. The number of nitrogens with two attached hydrogens (primary N) is 2. The average Bonchev–Trinajstić information content (AvgIpc) is 2.17. The van der Waals surface area contributed by atoms with Gasteiger partial charge in [0.2, 0.25) is 5.91 Å². The zero-order valence-corrected chi connectivity index (χ0v) is 8.08. The van der Waals surface area contributed by atoms with Gasteiger partial charge < -0.3 is 16.2 Å². The van der Waals surface area contributed by atoms with Gasteiger partial charge >= 0.3 is 0 Å². The molecule has 0 aliphatic carbocycles. The lowest BCUT2D eigenvalue weighted by molar-refractivity contribution is -0.126. The van der Waals surface area contributed by atoms with Crippen LogP contribution in [0.3, 0.4) is 0 Å². The van der Waals surface area contributed by atoms with Crippen molar-refractivity contribution < 1.29 is 9.53 Å². The van der Waals surface area contributed by atoms with Gasteiger partial charge in [-0.05, 0) is 25.2 Å². The van der Waals surface area contributed by atoms with Crippen LogP contribution in [0.2, 0.25) is 0 Å². The van der Waals surface area contributed by atoms with Crippen LogP contribution < -0.4 is 11.5 Å². The summed E-state index contributed by atoms with van der Waals surface area (Å²) in [5, 5.41) is 0. The number of carbonyl (C=O) groups is 1. The third kappa shape index (κ3) is 2.00. The van der Waals surface area contributed by atoms with Crippen LogP contribution in [0, 0.1) is 5.92 Å². The predicted molar refractivity (Wildman–Crippen MR) is 49.9 cm³/mol. The van der Waals surface area contributed by atoms with Gasteiger partial charge in [-0.1, -0.05) is 6.92 Å². The normalized spacial score (nSPS) is 23.8. The number of carbonyl (C=O) groups excluding carboxylic acids is 1. The van der Waals surface area contributed by atoms with Crippen LogP contribution >= 0.6 is 0 Å². The SMILES string of the molecule is CCC(N)(C(N)=O)C1CCOCC1. The molecule has 1 aliphatic rings. The Hall–Kier alpha value is -0.610. The molecule has 0 aromatic carbocycles. The Labute approximate surface area is 78.6 Å². The van der Waals surface area contributed by atoms with Crippen molar-refractivity contribution in [2.75, 3.05) is 13.2 Å². The first kappa shape index (κ1) is 10.5. The standard InChI is InChI=1S/C9H18N2O2/c1-2-9(11,8(10)12)7-3-5-13-6-4-7/h7H,2-6,11H2,1H3,(H2,10,12). The van der Waals surface area contributed by atoms with E-state index in [1.54, 1.807) is 0 Å². The molecule has 0 spiro atoms. The summed E-state index contributed by atoms with van der Waals surface area (Å²) in [6.45, 7) is 3.29. The monoisotopic (exact) mass is 186 g/mol. The van der Waals surface area contributed by atoms with E-state index in [-0.39, 0.29) is 11.8 Å². The van der Waals surface area contributed by atoms with E-state index in [9.17, 15) is 4.79 Å². The van der Waals surface area contributed by atoms with Gasteiger partial charge in [-0.2, -0.15) is 0 Å². The van der Waals surface area contributed by atoms with Crippen molar-refractivity contribution in [1.82, 2.24) is 0 Å². The van der Waals surface area contributed by atoms with Crippen LogP contribution in [0.5, 0.6) is 0 Å². The van der Waals surface area contributed by atoms with E-state index in [2.05, 4.69) is 0 Å². The Balaban J connectivity index is 2.68. The minimum Gasteiger partial charge on any atom is -0.381 e. The van der Waals surface area contributed by atoms with Crippen LogP contribution in [0.25, 0.3) is 0 Å². The lowest BCUT2D eigenvalue weighted by atomic mass is 9.77. The first-order chi connectivity index (χ1) is 6.11. The molecule has 0 saturated carbocycles. The molecule has 1 saturated heterocycles. The van der Waals surface area contributed by atoms with E-state index >= 15 is 0 Å². The summed E-state index contributed by atoms with van der Waals surface area (Å²) in [5.74, 6) is -0.203. The van der Waals surface area contributed by atoms with Crippen LogP contribution in [0.1, 0.15) is 26.2 Å². The minimum absolute atomic E-state index is 0.184. The molecule has 1 fully saturated rings. The van der Waals surface area contributed by atoms with Crippen LogP contribution in [0.15, 0.2) is 0 Å². The average molecular weight is 186 g/mol. The van der Waals surface area contributed by atoms with Crippen molar-refractivity contribution in [3.05, 3.63) is 0 Å². The number of hydrogen-bond donors (Lipinski definition) is 2. The Morgan fingerprint density at radius 2 is 2.08 bits per heavy atom. The summed E-state index contributed by atoms with van der Waals surface area (Å²) in [4.78, 5) is 11.2. The van der Waals surface area contributed by atoms with Crippen molar-refractivity contribution in [3.63, 3.8) is 0 Å². The third-order valence-corrected chi connectivity index (χ3v) is 2.99. The summed E-state index contributed by atoms with van der Waals surface area (Å²) < 4.78 is 5.21. The van der Waals surface area contributed by atoms with E-state index in [0.717, 1.165) is 12.8 Å². The van der Waals surface area contributed by atoms with Gasteiger partial charge in [-0.3, -0.25) is 4.79 Å². The van der Waals surface area contributed by atoms with Crippen LogP contribution in [-0.4, -0.2) is 24.7 Å². The summed E-state index contributed by atoms with van der Waals surface area (Å²) in [5.41, 5.74) is 10.5. The molecule has 0 aromatic rings. The van der Waals surface area contributed by atoms with Gasteiger partial charge in [0, 0.05) is 13.2 Å². The Morgan fingerprint density at radius 3 is 2.46 bits per heavy atom. The first-order valence-electron chi connectivity index (χ1n) is 4.77. The zero-order valence-electron chi connectivity index (χ0n) is 8.08. The molecule has 4 heteroatoms. The minimum atomic E-state index is -0.830. The van der Waals surface area contributed by atoms with Crippen molar-refractivity contribution in [2.24, 2.45) is 17.4 Å². The topological polar surface area (TPSA) is 78.3 Å². The molecule has 1 rings (SSSR count). The molecule has 0 bridgehead atoms. The largest absolute Gasteiger partial charge is 0.381 e. The molecule has 1 amide bonds. The molecular weight excluding hydrogens is 168 g/mol. The highest BCUT2D eigenvalue weighted by Gasteiger charge is 2.39. The van der Waals surface area contributed by atoms with Crippen LogP contribution in [-0.2, 0) is 9.53 Å². The van der Waals surface area contributed by atoms with Crippen molar-refractivity contribution >= 4 is 5.91 Å². The van der Waals surface area contributed by atoms with E-state index in [4.69, 9.17) is 16.2 Å². The van der Waals surface area contributed by atoms with Gasteiger partial charge in [-0.25, -0.2) is 0 Å². The third-order valence-electron chi connectivity index (χ3n) is 2.99. The lowest BCUT2D eigenvalue weighted by Gasteiger charge is -2.36.